The van der Waals surface area contributed by atoms with Gasteiger partial charge >= 0.3 is 0 Å². The number of hydrogen-bond acceptors (Lipinski definition) is 3. The Balaban J connectivity index is 2.29. The highest BCUT2D eigenvalue weighted by atomic mass is 32.2. The van der Waals surface area contributed by atoms with Crippen LogP contribution in [0.4, 0.5) is 5.69 Å². The topological polar surface area (TPSA) is 65.5 Å². The van der Waals surface area contributed by atoms with Crippen molar-refractivity contribution >= 4 is 29.3 Å². The van der Waals surface area contributed by atoms with Crippen molar-refractivity contribution < 1.29 is 4.79 Å². The first-order valence-corrected chi connectivity index (χ1v) is 7.44. The summed E-state index contributed by atoms with van der Waals surface area (Å²) in [5.74, 6) is 1.54. The number of carbonyl (C=O) groups excluding carboxylic acids is 1. The van der Waals surface area contributed by atoms with Gasteiger partial charge in [-0.1, -0.05) is 18.2 Å². The molecule has 0 radical (unpaired) electrons. The molecule has 0 saturated heterocycles. The molecule has 0 aliphatic carbocycles. The highest BCUT2D eigenvalue weighted by Crippen LogP contribution is 2.03. The van der Waals surface area contributed by atoms with E-state index >= 15 is 0 Å². The lowest BCUT2D eigenvalue weighted by atomic mass is 10.3. The Labute approximate surface area is 118 Å². The van der Waals surface area contributed by atoms with Crippen molar-refractivity contribution in [3.05, 3.63) is 30.3 Å². The maximum Gasteiger partial charge on any atom is 0.243 e. The van der Waals surface area contributed by atoms with Crippen LogP contribution in [0.25, 0.3) is 0 Å². The normalized spacial score (nSPS) is 10.9. The van der Waals surface area contributed by atoms with Gasteiger partial charge in [0, 0.05) is 25.0 Å². The minimum absolute atomic E-state index is 0.0981. The highest BCUT2D eigenvalue weighted by Gasteiger charge is 2.03. The molecule has 0 aromatic heterocycles. The smallest absolute Gasteiger partial charge is 0.243 e. The van der Waals surface area contributed by atoms with Crippen LogP contribution in [0, 0.1) is 0 Å². The van der Waals surface area contributed by atoms with Gasteiger partial charge in [0.1, 0.15) is 0 Å². The van der Waals surface area contributed by atoms with E-state index < -0.39 is 0 Å². The summed E-state index contributed by atoms with van der Waals surface area (Å²) in [4.78, 5) is 15.7. The van der Waals surface area contributed by atoms with E-state index in [0.29, 0.717) is 5.96 Å². The van der Waals surface area contributed by atoms with Gasteiger partial charge in [0.25, 0.3) is 0 Å². The average molecular weight is 280 g/mol. The molecule has 1 aromatic carbocycles. The summed E-state index contributed by atoms with van der Waals surface area (Å²) in [7, 11) is 1.68. The van der Waals surface area contributed by atoms with Gasteiger partial charge in [-0.3, -0.25) is 9.79 Å². The lowest BCUT2D eigenvalue weighted by Crippen LogP contribution is -2.42. The van der Waals surface area contributed by atoms with Crippen LogP contribution in [0.3, 0.4) is 0 Å². The molecule has 0 atom stereocenters. The number of aliphatic imine (C=N–C) groups is 1. The van der Waals surface area contributed by atoms with E-state index in [9.17, 15) is 4.79 Å². The largest absolute Gasteiger partial charge is 0.356 e. The molecule has 1 amide bonds. The van der Waals surface area contributed by atoms with Crippen LogP contribution >= 0.6 is 11.8 Å². The van der Waals surface area contributed by atoms with Crippen molar-refractivity contribution in [1.82, 2.24) is 10.6 Å². The number of rotatable bonds is 6. The van der Waals surface area contributed by atoms with Crippen LogP contribution in [0.2, 0.25) is 0 Å². The van der Waals surface area contributed by atoms with Crippen molar-refractivity contribution in [3.8, 4) is 0 Å². The van der Waals surface area contributed by atoms with Crippen LogP contribution in [0.15, 0.2) is 35.3 Å². The number of anilines is 1. The quantitative estimate of drug-likeness (QED) is 0.415. The molecule has 0 bridgehead atoms. The van der Waals surface area contributed by atoms with Crippen LogP contribution < -0.4 is 16.0 Å². The molecule has 0 aliphatic rings. The van der Waals surface area contributed by atoms with Crippen LogP contribution in [-0.2, 0) is 4.79 Å². The summed E-state index contributed by atoms with van der Waals surface area (Å²) in [6, 6.07) is 9.37. The van der Waals surface area contributed by atoms with Crippen molar-refractivity contribution in [2.75, 3.05) is 37.5 Å². The number of nitrogens with zero attached hydrogens (tertiary/aromatic N) is 1. The number of hydrogen-bond donors (Lipinski definition) is 3. The average Bonchev–Trinajstić information content (AvgIpc) is 2.44. The fourth-order valence-corrected chi connectivity index (χ4v) is 1.69. The summed E-state index contributed by atoms with van der Waals surface area (Å²) in [6.07, 6.45) is 2.05. The van der Waals surface area contributed by atoms with Gasteiger partial charge in [0.05, 0.1) is 6.54 Å². The molecule has 6 heteroatoms. The number of carbonyl (C=O) groups is 1. The van der Waals surface area contributed by atoms with Crippen LogP contribution in [0.1, 0.15) is 0 Å². The van der Waals surface area contributed by atoms with Crippen molar-refractivity contribution in [2.24, 2.45) is 4.99 Å². The number of para-hydroxylation sites is 1. The third kappa shape index (κ3) is 6.71. The van der Waals surface area contributed by atoms with E-state index in [2.05, 4.69) is 20.9 Å². The zero-order chi connectivity index (χ0) is 13.9. The maximum atomic E-state index is 11.7. The van der Waals surface area contributed by atoms with Gasteiger partial charge in [-0.05, 0) is 18.4 Å². The van der Waals surface area contributed by atoms with E-state index in [1.165, 1.54) is 0 Å². The third-order valence-electron chi connectivity index (χ3n) is 2.30. The second kappa shape index (κ2) is 9.27. The number of benzene rings is 1. The van der Waals surface area contributed by atoms with E-state index in [0.717, 1.165) is 18.0 Å². The Bertz CT molecular complexity index is 408. The van der Waals surface area contributed by atoms with Crippen molar-refractivity contribution in [2.45, 2.75) is 0 Å². The van der Waals surface area contributed by atoms with Gasteiger partial charge in [-0.15, -0.1) is 0 Å². The summed E-state index contributed by atoms with van der Waals surface area (Å²) in [6.45, 7) is 1.01. The molecule has 0 heterocycles. The van der Waals surface area contributed by atoms with Crippen LogP contribution in [0.5, 0.6) is 0 Å². The monoisotopic (exact) mass is 280 g/mol. The fraction of sp³-hybridized carbons (Fsp3) is 0.385. The Hall–Kier alpha value is -1.69. The number of amides is 1. The van der Waals surface area contributed by atoms with Gasteiger partial charge < -0.3 is 16.0 Å². The Kier molecular flexibility index (Phi) is 7.50. The van der Waals surface area contributed by atoms with Gasteiger partial charge in [-0.25, -0.2) is 0 Å². The fourth-order valence-electron chi connectivity index (χ4n) is 1.38. The van der Waals surface area contributed by atoms with E-state index in [4.69, 9.17) is 0 Å². The summed E-state index contributed by atoms with van der Waals surface area (Å²) < 4.78 is 0. The highest BCUT2D eigenvalue weighted by molar-refractivity contribution is 7.98. The molecule has 1 rings (SSSR count). The zero-order valence-electron chi connectivity index (χ0n) is 11.3. The molecule has 1 aromatic rings. The summed E-state index contributed by atoms with van der Waals surface area (Å²) in [5, 5.41) is 8.89. The van der Waals surface area contributed by atoms with E-state index in [-0.39, 0.29) is 12.5 Å². The second-order valence-corrected chi connectivity index (χ2v) is 4.75. The number of guanidine groups is 1. The Morgan fingerprint density at radius 2 is 2.00 bits per heavy atom. The first kappa shape index (κ1) is 15.4. The molecule has 104 valence electrons. The molecule has 19 heavy (non-hydrogen) atoms. The van der Waals surface area contributed by atoms with E-state index in [1.807, 2.05) is 36.6 Å². The lowest BCUT2D eigenvalue weighted by molar-refractivity contribution is -0.115. The Morgan fingerprint density at radius 1 is 1.26 bits per heavy atom. The van der Waals surface area contributed by atoms with E-state index in [1.54, 1.807) is 18.8 Å². The third-order valence-corrected chi connectivity index (χ3v) is 2.91. The minimum Gasteiger partial charge on any atom is -0.356 e. The molecule has 5 nitrogen and oxygen atoms in total. The van der Waals surface area contributed by atoms with Crippen molar-refractivity contribution in [3.63, 3.8) is 0 Å². The van der Waals surface area contributed by atoms with Gasteiger partial charge in [0.2, 0.25) is 5.91 Å². The molecule has 3 N–H and O–H groups in total. The molecule has 0 unspecified atom stereocenters. The lowest BCUT2D eigenvalue weighted by Gasteiger charge is -2.11. The minimum atomic E-state index is -0.0981. The first-order chi connectivity index (χ1) is 9.26. The number of thioether (sulfide) groups is 1. The predicted molar refractivity (Wildman–Crippen MR) is 82.8 cm³/mol. The van der Waals surface area contributed by atoms with Gasteiger partial charge in [0.15, 0.2) is 5.96 Å². The number of nitrogens with one attached hydrogen (secondary N) is 3. The zero-order valence-corrected chi connectivity index (χ0v) is 12.1. The molecular formula is C13H20N4OS. The standard InChI is InChI=1S/C13H20N4OS/c1-14-13(15-8-9-19-2)16-10-12(18)17-11-6-4-3-5-7-11/h3-7H,8-10H2,1-2H3,(H,17,18)(H2,14,15,16). The summed E-state index contributed by atoms with van der Waals surface area (Å²) in [5.41, 5.74) is 0.791. The van der Waals surface area contributed by atoms with Crippen LogP contribution in [-0.4, -0.2) is 44.0 Å². The van der Waals surface area contributed by atoms with Gasteiger partial charge in [-0.2, -0.15) is 11.8 Å². The predicted octanol–water partition coefficient (Wildman–Crippen LogP) is 1.15. The Morgan fingerprint density at radius 3 is 2.63 bits per heavy atom. The molecular weight excluding hydrogens is 260 g/mol. The molecule has 0 fully saturated rings. The maximum absolute atomic E-state index is 11.7. The summed E-state index contributed by atoms with van der Waals surface area (Å²) >= 11 is 1.76. The van der Waals surface area contributed by atoms with Crippen molar-refractivity contribution in [1.29, 1.82) is 0 Å². The molecule has 0 spiro atoms. The molecule has 0 aliphatic heterocycles. The SMILES string of the molecule is CN=C(NCCSC)NCC(=O)Nc1ccccc1. The second-order valence-electron chi connectivity index (χ2n) is 3.76. The molecule has 0 saturated carbocycles. The first-order valence-electron chi connectivity index (χ1n) is 6.04.